The van der Waals surface area contributed by atoms with Crippen molar-refractivity contribution in [2.45, 2.75) is 32.4 Å². The highest BCUT2D eigenvalue weighted by Gasteiger charge is 2.32. The van der Waals surface area contributed by atoms with Gasteiger partial charge in [-0.25, -0.2) is 9.78 Å². The van der Waals surface area contributed by atoms with Gasteiger partial charge in [0.25, 0.3) is 5.91 Å². The number of fused-ring (bicyclic) bond motifs is 1. The van der Waals surface area contributed by atoms with Crippen LogP contribution in [0.4, 0.5) is 0 Å². The Labute approximate surface area is 145 Å². The van der Waals surface area contributed by atoms with E-state index in [2.05, 4.69) is 21.5 Å². The van der Waals surface area contributed by atoms with Crippen molar-refractivity contribution in [2.24, 2.45) is 0 Å². The Morgan fingerprint density at radius 2 is 2.16 bits per heavy atom. The lowest BCUT2D eigenvalue weighted by Crippen LogP contribution is -2.31. The molecule has 6 nitrogen and oxygen atoms in total. The number of aromatic nitrogens is 3. The summed E-state index contributed by atoms with van der Waals surface area (Å²) in [5.41, 5.74) is 2.17. The van der Waals surface area contributed by atoms with Crippen LogP contribution in [0.25, 0.3) is 10.9 Å². The van der Waals surface area contributed by atoms with E-state index in [0.717, 1.165) is 41.5 Å². The van der Waals surface area contributed by atoms with E-state index in [0.29, 0.717) is 6.54 Å². The number of aromatic amines is 1. The lowest BCUT2D eigenvalue weighted by Gasteiger charge is -2.24. The van der Waals surface area contributed by atoms with Crippen molar-refractivity contribution in [1.29, 1.82) is 0 Å². The third-order valence-electron chi connectivity index (χ3n) is 4.93. The number of hydrogen-bond donors (Lipinski definition) is 1. The van der Waals surface area contributed by atoms with Gasteiger partial charge in [0, 0.05) is 42.1 Å². The number of carbonyl (C=O) groups is 1. The molecule has 3 aromatic rings. The zero-order chi connectivity index (χ0) is 17.4. The standard InChI is InChI=1S/C19H20N4O2/c1-2-22-12-14(13-6-3-4-7-16(13)22)18(24)23-11-5-8-17(23)15-9-10-20-19(25)21-15/h3-4,6-7,9-10,12,17H,2,5,8,11H2,1H3,(H,20,21,25)/t17-/m0/s1. The van der Waals surface area contributed by atoms with Crippen LogP contribution in [0.5, 0.6) is 0 Å². The largest absolute Gasteiger partial charge is 0.347 e. The monoisotopic (exact) mass is 336 g/mol. The van der Waals surface area contributed by atoms with Crippen molar-refractivity contribution in [3.05, 3.63) is 64.5 Å². The van der Waals surface area contributed by atoms with Gasteiger partial charge < -0.3 is 14.5 Å². The molecule has 6 heteroatoms. The zero-order valence-corrected chi connectivity index (χ0v) is 14.1. The number of nitrogens with one attached hydrogen (secondary N) is 1. The van der Waals surface area contributed by atoms with Crippen molar-refractivity contribution in [3.8, 4) is 0 Å². The van der Waals surface area contributed by atoms with Gasteiger partial charge in [0.05, 0.1) is 11.6 Å². The smallest absolute Gasteiger partial charge is 0.345 e. The van der Waals surface area contributed by atoms with Crippen molar-refractivity contribution in [2.75, 3.05) is 6.54 Å². The fourth-order valence-corrected chi connectivity index (χ4v) is 3.74. The molecule has 0 spiro atoms. The zero-order valence-electron chi connectivity index (χ0n) is 14.1. The minimum atomic E-state index is -0.376. The Hall–Kier alpha value is -2.89. The maximum Gasteiger partial charge on any atom is 0.345 e. The molecule has 1 atom stereocenters. The lowest BCUT2D eigenvalue weighted by atomic mass is 10.1. The molecule has 2 aromatic heterocycles. The summed E-state index contributed by atoms with van der Waals surface area (Å²) in [5, 5.41) is 0.975. The molecule has 1 aliphatic rings. The summed E-state index contributed by atoms with van der Waals surface area (Å²) in [5.74, 6) is 0.0172. The van der Waals surface area contributed by atoms with Crippen LogP contribution in [-0.2, 0) is 6.54 Å². The van der Waals surface area contributed by atoms with Gasteiger partial charge in [-0.2, -0.15) is 0 Å². The van der Waals surface area contributed by atoms with Crippen LogP contribution in [0, 0.1) is 0 Å². The summed E-state index contributed by atoms with van der Waals surface area (Å²) in [6, 6.07) is 9.66. The molecule has 4 rings (SSSR count). The maximum absolute atomic E-state index is 13.3. The molecule has 1 saturated heterocycles. The number of hydrogen-bond acceptors (Lipinski definition) is 3. The SMILES string of the molecule is CCn1cc(C(=O)N2CCC[C@H]2c2ccnc(=O)[nH]2)c2ccccc21. The minimum absolute atomic E-state index is 0.0172. The normalized spacial score (nSPS) is 17.3. The van der Waals surface area contributed by atoms with Crippen LogP contribution in [0.1, 0.15) is 41.9 Å². The molecule has 1 fully saturated rings. The molecule has 1 amide bonds. The topological polar surface area (TPSA) is 71.0 Å². The second-order valence-corrected chi connectivity index (χ2v) is 6.33. The first-order valence-corrected chi connectivity index (χ1v) is 8.63. The molecule has 1 N–H and O–H groups in total. The van der Waals surface area contributed by atoms with Crippen molar-refractivity contribution in [3.63, 3.8) is 0 Å². The molecule has 25 heavy (non-hydrogen) atoms. The van der Waals surface area contributed by atoms with E-state index in [1.807, 2.05) is 35.4 Å². The molecular weight excluding hydrogens is 316 g/mol. The number of aryl methyl sites for hydroxylation is 1. The van der Waals surface area contributed by atoms with Gasteiger partial charge in [-0.3, -0.25) is 4.79 Å². The number of carbonyl (C=O) groups excluding carboxylic acids is 1. The lowest BCUT2D eigenvalue weighted by molar-refractivity contribution is 0.0734. The first-order valence-electron chi connectivity index (χ1n) is 8.63. The van der Waals surface area contributed by atoms with Gasteiger partial charge in [0.15, 0.2) is 0 Å². The first-order chi connectivity index (χ1) is 12.2. The fourth-order valence-electron chi connectivity index (χ4n) is 3.74. The molecule has 0 saturated carbocycles. The van der Waals surface area contributed by atoms with E-state index < -0.39 is 0 Å². The number of para-hydroxylation sites is 1. The number of likely N-dealkylation sites (tertiary alicyclic amines) is 1. The van der Waals surface area contributed by atoms with Gasteiger partial charge in [-0.1, -0.05) is 18.2 Å². The van der Waals surface area contributed by atoms with Crippen LogP contribution in [-0.4, -0.2) is 31.9 Å². The third kappa shape index (κ3) is 2.63. The Balaban J connectivity index is 1.74. The average Bonchev–Trinajstić information content (AvgIpc) is 3.26. The molecule has 0 aliphatic carbocycles. The quantitative estimate of drug-likeness (QED) is 0.799. The predicted molar refractivity (Wildman–Crippen MR) is 95.5 cm³/mol. The summed E-state index contributed by atoms with van der Waals surface area (Å²) in [6.07, 6.45) is 5.21. The Morgan fingerprint density at radius 3 is 2.96 bits per heavy atom. The van der Waals surface area contributed by atoms with Crippen LogP contribution in [0.15, 0.2) is 47.5 Å². The van der Waals surface area contributed by atoms with Gasteiger partial charge in [-0.15, -0.1) is 0 Å². The van der Waals surface area contributed by atoms with Crippen molar-refractivity contribution < 1.29 is 4.79 Å². The highest BCUT2D eigenvalue weighted by Crippen LogP contribution is 2.33. The number of H-pyrrole nitrogens is 1. The second-order valence-electron chi connectivity index (χ2n) is 6.33. The molecule has 0 unspecified atom stereocenters. The summed E-state index contributed by atoms with van der Waals surface area (Å²) in [6.45, 7) is 3.58. The highest BCUT2D eigenvalue weighted by atomic mass is 16.2. The van der Waals surface area contributed by atoms with E-state index in [1.165, 1.54) is 6.20 Å². The third-order valence-corrected chi connectivity index (χ3v) is 4.93. The van der Waals surface area contributed by atoms with Crippen LogP contribution < -0.4 is 5.69 Å². The van der Waals surface area contributed by atoms with Crippen LogP contribution in [0.3, 0.4) is 0 Å². The highest BCUT2D eigenvalue weighted by molar-refractivity contribution is 6.07. The Morgan fingerprint density at radius 1 is 1.32 bits per heavy atom. The predicted octanol–water partition coefficient (Wildman–Crippen LogP) is 2.72. The first kappa shape index (κ1) is 15.6. The van der Waals surface area contributed by atoms with E-state index in [1.54, 1.807) is 6.07 Å². The van der Waals surface area contributed by atoms with E-state index >= 15 is 0 Å². The molecule has 1 aliphatic heterocycles. The van der Waals surface area contributed by atoms with Crippen LogP contribution >= 0.6 is 0 Å². The van der Waals surface area contributed by atoms with Crippen LogP contribution in [0.2, 0.25) is 0 Å². The van der Waals surface area contributed by atoms with Gasteiger partial charge >= 0.3 is 5.69 Å². The molecule has 1 aromatic carbocycles. The Kier molecular flexibility index (Phi) is 3.87. The minimum Gasteiger partial charge on any atom is -0.347 e. The van der Waals surface area contributed by atoms with Crippen molar-refractivity contribution >= 4 is 16.8 Å². The maximum atomic E-state index is 13.3. The molecule has 3 heterocycles. The van der Waals surface area contributed by atoms with E-state index in [4.69, 9.17) is 0 Å². The average molecular weight is 336 g/mol. The van der Waals surface area contributed by atoms with Gasteiger partial charge in [0.2, 0.25) is 0 Å². The molecule has 0 bridgehead atoms. The van der Waals surface area contributed by atoms with E-state index in [9.17, 15) is 9.59 Å². The summed E-state index contributed by atoms with van der Waals surface area (Å²) in [4.78, 5) is 33.1. The molecule has 128 valence electrons. The molecular formula is C19H20N4O2. The second kappa shape index (κ2) is 6.20. The number of nitrogens with zero attached hydrogens (tertiary/aromatic N) is 3. The summed E-state index contributed by atoms with van der Waals surface area (Å²) < 4.78 is 2.10. The van der Waals surface area contributed by atoms with Crippen molar-refractivity contribution in [1.82, 2.24) is 19.4 Å². The number of amides is 1. The number of rotatable bonds is 3. The number of benzene rings is 1. The molecule has 0 radical (unpaired) electrons. The summed E-state index contributed by atoms with van der Waals surface area (Å²) >= 11 is 0. The van der Waals surface area contributed by atoms with Gasteiger partial charge in [-0.05, 0) is 31.9 Å². The Bertz CT molecular complexity index is 988. The summed E-state index contributed by atoms with van der Waals surface area (Å²) in [7, 11) is 0. The van der Waals surface area contributed by atoms with Gasteiger partial charge in [0.1, 0.15) is 0 Å². The van der Waals surface area contributed by atoms with E-state index in [-0.39, 0.29) is 17.6 Å². The fraction of sp³-hybridized carbons (Fsp3) is 0.316.